The van der Waals surface area contributed by atoms with E-state index in [1.54, 1.807) is 7.11 Å². The van der Waals surface area contributed by atoms with Gasteiger partial charge in [0.15, 0.2) is 0 Å². The van der Waals surface area contributed by atoms with Crippen LogP contribution >= 0.6 is 0 Å². The number of nitrogens with one attached hydrogen (secondary N) is 1. The highest BCUT2D eigenvalue weighted by Crippen LogP contribution is 2.41. The molecular formula is C17H26N2O. The zero-order valence-corrected chi connectivity index (χ0v) is 13.2. The van der Waals surface area contributed by atoms with Gasteiger partial charge in [0.1, 0.15) is 6.23 Å². The Labute approximate surface area is 122 Å². The van der Waals surface area contributed by atoms with Gasteiger partial charge in [0.05, 0.1) is 5.54 Å². The van der Waals surface area contributed by atoms with E-state index in [9.17, 15) is 0 Å². The molecule has 0 aromatic rings. The van der Waals surface area contributed by atoms with Gasteiger partial charge in [0, 0.05) is 12.8 Å². The fourth-order valence-corrected chi connectivity index (χ4v) is 3.56. The van der Waals surface area contributed by atoms with E-state index in [-0.39, 0.29) is 6.23 Å². The summed E-state index contributed by atoms with van der Waals surface area (Å²) in [6, 6.07) is 0. The Morgan fingerprint density at radius 3 is 2.70 bits per heavy atom. The largest absolute Gasteiger partial charge is 0.360 e. The fraction of sp³-hybridized carbons (Fsp3) is 0.529. The van der Waals surface area contributed by atoms with Gasteiger partial charge < -0.3 is 15.8 Å². The second-order valence-electron chi connectivity index (χ2n) is 5.89. The van der Waals surface area contributed by atoms with Gasteiger partial charge in [0.2, 0.25) is 0 Å². The average molecular weight is 274 g/mol. The lowest BCUT2D eigenvalue weighted by atomic mass is 9.68. The number of allylic oxidation sites excluding steroid dienone is 3. The van der Waals surface area contributed by atoms with Gasteiger partial charge in [-0.05, 0) is 50.3 Å². The topological polar surface area (TPSA) is 47.3 Å². The second kappa shape index (κ2) is 5.58. The summed E-state index contributed by atoms with van der Waals surface area (Å²) in [5.41, 5.74) is 11.3. The molecule has 3 nitrogen and oxygen atoms in total. The predicted molar refractivity (Wildman–Crippen MR) is 84.0 cm³/mol. The highest BCUT2D eigenvalue weighted by molar-refractivity contribution is 5.50. The van der Waals surface area contributed by atoms with Crippen molar-refractivity contribution < 1.29 is 4.74 Å². The Morgan fingerprint density at radius 2 is 2.15 bits per heavy atom. The van der Waals surface area contributed by atoms with E-state index < -0.39 is 5.54 Å². The van der Waals surface area contributed by atoms with E-state index in [0.717, 1.165) is 12.1 Å². The van der Waals surface area contributed by atoms with Gasteiger partial charge in [-0.25, -0.2) is 0 Å². The van der Waals surface area contributed by atoms with Crippen LogP contribution in [-0.2, 0) is 4.74 Å². The molecular weight excluding hydrogens is 248 g/mol. The van der Waals surface area contributed by atoms with Crippen LogP contribution in [-0.4, -0.2) is 18.9 Å². The summed E-state index contributed by atoms with van der Waals surface area (Å²) in [6.07, 6.45) is 9.44. The lowest BCUT2D eigenvalue weighted by Crippen LogP contribution is -2.49. The average Bonchev–Trinajstić information content (AvgIpc) is 2.37. The molecule has 0 fully saturated rings. The quantitative estimate of drug-likeness (QED) is 0.761. The van der Waals surface area contributed by atoms with Crippen LogP contribution < -0.4 is 11.1 Å². The van der Waals surface area contributed by atoms with Gasteiger partial charge in [-0.1, -0.05) is 30.7 Å². The van der Waals surface area contributed by atoms with Crippen molar-refractivity contribution in [3.63, 3.8) is 0 Å². The normalized spacial score (nSPS) is 36.1. The Morgan fingerprint density at radius 1 is 1.45 bits per heavy atom. The van der Waals surface area contributed by atoms with Crippen molar-refractivity contribution in [2.24, 2.45) is 11.7 Å². The minimum atomic E-state index is -0.417. The maximum absolute atomic E-state index is 6.85. The minimum absolute atomic E-state index is 0.0611. The van der Waals surface area contributed by atoms with Crippen molar-refractivity contribution >= 4 is 0 Å². The van der Waals surface area contributed by atoms with Crippen molar-refractivity contribution in [1.82, 2.24) is 5.32 Å². The molecule has 3 N–H and O–H groups in total. The SMILES string of the molecule is C/C=C1\[C@H](C)C=C(C)C[C@]1(N)C1=C(C)NC(OC)C=C1. The van der Waals surface area contributed by atoms with Crippen LogP contribution in [0.1, 0.15) is 34.1 Å². The molecule has 0 saturated heterocycles. The lowest BCUT2D eigenvalue weighted by molar-refractivity contribution is 0.119. The number of methoxy groups -OCH3 is 1. The molecule has 20 heavy (non-hydrogen) atoms. The molecule has 2 rings (SSSR count). The molecule has 110 valence electrons. The lowest BCUT2D eigenvalue weighted by Gasteiger charge is -2.42. The number of dihydropyridines is 1. The number of ether oxygens (including phenoxy) is 1. The summed E-state index contributed by atoms with van der Waals surface area (Å²) < 4.78 is 5.33. The third-order valence-corrected chi connectivity index (χ3v) is 4.34. The van der Waals surface area contributed by atoms with Crippen molar-refractivity contribution in [3.05, 3.63) is 46.7 Å². The molecule has 1 unspecified atom stereocenters. The van der Waals surface area contributed by atoms with Crippen LogP contribution in [0.4, 0.5) is 0 Å². The molecule has 3 atom stereocenters. The van der Waals surface area contributed by atoms with Crippen LogP contribution in [0.25, 0.3) is 0 Å². The zero-order valence-electron chi connectivity index (χ0n) is 13.2. The van der Waals surface area contributed by atoms with E-state index in [1.807, 2.05) is 6.08 Å². The first-order valence-electron chi connectivity index (χ1n) is 7.24. The van der Waals surface area contributed by atoms with Gasteiger partial charge in [0.25, 0.3) is 0 Å². The summed E-state index contributed by atoms with van der Waals surface area (Å²) in [5.74, 6) is 0.382. The third-order valence-electron chi connectivity index (χ3n) is 4.34. The van der Waals surface area contributed by atoms with Gasteiger partial charge >= 0.3 is 0 Å². The molecule has 1 aliphatic carbocycles. The van der Waals surface area contributed by atoms with Crippen molar-refractivity contribution in [1.29, 1.82) is 0 Å². The van der Waals surface area contributed by atoms with Gasteiger partial charge in [-0.3, -0.25) is 0 Å². The van der Waals surface area contributed by atoms with Crippen LogP contribution in [0, 0.1) is 5.92 Å². The van der Waals surface area contributed by atoms with Crippen molar-refractivity contribution in [3.8, 4) is 0 Å². The number of hydrogen-bond donors (Lipinski definition) is 2. The maximum atomic E-state index is 6.85. The van der Waals surface area contributed by atoms with Crippen LogP contribution in [0.5, 0.6) is 0 Å². The second-order valence-corrected chi connectivity index (χ2v) is 5.89. The molecule has 1 aliphatic heterocycles. The molecule has 0 saturated carbocycles. The molecule has 3 heteroatoms. The highest BCUT2D eigenvalue weighted by atomic mass is 16.5. The summed E-state index contributed by atoms with van der Waals surface area (Å²) in [7, 11) is 1.70. The molecule has 0 spiro atoms. The van der Waals surface area contributed by atoms with Gasteiger partial charge in [-0.15, -0.1) is 0 Å². The highest BCUT2D eigenvalue weighted by Gasteiger charge is 2.39. The molecule has 0 aromatic heterocycles. The van der Waals surface area contributed by atoms with E-state index >= 15 is 0 Å². The monoisotopic (exact) mass is 274 g/mol. The number of hydrogen-bond acceptors (Lipinski definition) is 3. The minimum Gasteiger partial charge on any atom is -0.360 e. The molecule has 0 bridgehead atoms. The Bertz CT molecular complexity index is 513. The van der Waals surface area contributed by atoms with Crippen molar-refractivity contribution in [2.75, 3.05) is 7.11 Å². The summed E-state index contributed by atoms with van der Waals surface area (Å²) in [6.45, 7) is 8.53. The van der Waals surface area contributed by atoms with Gasteiger partial charge in [-0.2, -0.15) is 0 Å². The van der Waals surface area contributed by atoms with Crippen LogP contribution in [0.3, 0.4) is 0 Å². The number of nitrogens with two attached hydrogens (primary N) is 1. The molecule has 0 radical (unpaired) electrons. The molecule has 0 amide bonds. The maximum Gasteiger partial charge on any atom is 0.146 e. The summed E-state index contributed by atoms with van der Waals surface area (Å²) >= 11 is 0. The van der Waals surface area contributed by atoms with E-state index in [4.69, 9.17) is 10.5 Å². The Balaban J connectivity index is 2.45. The Kier molecular flexibility index (Phi) is 4.21. The standard InChI is InChI=1S/C17H26N2O/c1-6-14-12(3)9-11(2)10-17(14,18)15-7-8-16(20-5)19-13(15)4/h6-9,12,16,19H,10,18H2,1-5H3/b14-6+/t12-,16?,17-/m1/s1. The van der Waals surface area contributed by atoms with Crippen LogP contribution in [0.2, 0.25) is 0 Å². The zero-order chi connectivity index (χ0) is 14.9. The molecule has 2 aliphatic rings. The summed E-state index contributed by atoms with van der Waals surface area (Å²) in [5, 5.41) is 3.36. The van der Waals surface area contributed by atoms with Crippen LogP contribution in [0.15, 0.2) is 46.7 Å². The van der Waals surface area contributed by atoms with E-state index in [0.29, 0.717) is 5.92 Å². The molecule has 0 aromatic carbocycles. The number of rotatable bonds is 2. The molecule has 1 heterocycles. The smallest absolute Gasteiger partial charge is 0.146 e. The predicted octanol–water partition coefficient (Wildman–Crippen LogP) is 3.02. The fourth-order valence-electron chi connectivity index (χ4n) is 3.56. The van der Waals surface area contributed by atoms with Crippen molar-refractivity contribution in [2.45, 2.75) is 45.9 Å². The summed E-state index contributed by atoms with van der Waals surface area (Å²) in [4.78, 5) is 0. The van der Waals surface area contributed by atoms with E-state index in [1.165, 1.54) is 16.7 Å². The third kappa shape index (κ3) is 2.48. The first-order valence-corrected chi connectivity index (χ1v) is 7.24. The first kappa shape index (κ1) is 15.1. The van der Waals surface area contributed by atoms with E-state index in [2.05, 4.69) is 51.2 Å². The first-order chi connectivity index (χ1) is 9.42. The Hall–Kier alpha value is -1.32.